The van der Waals surface area contributed by atoms with E-state index in [4.69, 9.17) is 4.74 Å². The molecule has 2 fully saturated rings. The number of carboxylic acid groups (broad SMARTS) is 1. The third kappa shape index (κ3) is 2.84. The Kier molecular flexibility index (Phi) is 4.71. The number of ether oxygens (including phenoxy) is 1. The molecule has 1 saturated heterocycles. The van der Waals surface area contributed by atoms with E-state index in [2.05, 4.69) is 6.58 Å². The standard InChI is InChI=1S/C16H25NO4/c1-3-6-15(7-4-8-15)13(18)17-10-5-9-16(11-17,12-21-2)14(19)20/h3H,1,4-12H2,2H3,(H,19,20)/t16-/m0/s1. The lowest BCUT2D eigenvalue weighted by molar-refractivity contribution is -0.163. The first kappa shape index (κ1) is 16.0. The van der Waals surface area contributed by atoms with Gasteiger partial charge in [-0.25, -0.2) is 0 Å². The number of rotatable bonds is 6. The Labute approximate surface area is 126 Å². The molecule has 2 rings (SSSR count). The molecule has 2 aliphatic rings. The average Bonchev–Trinajstić information content (AvgIpc) is 2.42. The summed E-state index contributed by atoms with van der Waals surface area (Å²) in [4.78, 5) is 26.3. The van der Waals surface area contributed by atoms with Crippen LogP contribution in [0.5, 0.6) is 0 Å². The lowest BCUT2D eigenvalue weighted by Gasteiger charge is -2.47. The maximum absolute atomic E-state index is 12.9. The van der Waals surface area contributed by atoms with Gasteiger partial charge >= 0.3 is 5.97 Å². The van der Waals surface area contributed by atoms with Crippen LogP contribution in [0.25, 0.3) is 0 Å². The van der Waals surface area contributed by atoms with Gasteiger partial charge in [0, 0.05) is 20.2 Å². The lowest BCUT2D eigenvalue weighted by Crippen LogP contribution is -2.56. The van der Waals surface area contributed by atoms with Gasteiger partial charge in [0.15, 0.2) is 0 Å². The third-order valence-electron chi connectivity index (χ3n) is 5.04. The van der Waals surface area contributed by atoms with E-state index in [0.29, 0.717) is 25.8 Å². The molecule has 0 bridgehead atoms. The Balaban J connectivity index is 2.14. The minimum absolute atomic E-state index is 0.107. The third-order valence-corrected chi connectivity index (χ3v) is 5.04. The molecule has 21 heavy (non-hydrogen) atoms. The highest BCUT2D eigenvalue weighted by atomic mass is 16.5. The molecule has 118 valence electrons. The van der Waals surface area contributed by atoms with Gasteiger partial charge in [-0.05, 0) is 32.1 Å². The molecule has 5 nitrogen and oxygen atoms in total. The first-order valence-electron chi connectivity index (χ1n) is 7.62. The zero-order chi connectivity index (χ0) is 15.5. The van der Waals surface area contributed by atoms with Crippen molar-refractivity contribution in [3.05, 3.63) is 12.7 Å². The maximum Gasteiger partial charge on any atom is 0.313 e. The molecular weight excluding hydrogens is 270 g/mol. The number of piperidine rings is 1. The van der Waals surface area contributed by atoms with E-state index in [0.717, 1.165) is 19.3 Å². The number of hydrogen-bond acceptors (Lipinski definition) is 3. The minimum Gasteiger partial charge on any atom is -0.481 e. The van der Waals surface area contributed by atoms with E-state index in [-0.39, 0.29) is 24.5 Å². The van der Waals surface area contributed by atoms with Crippen molar-refractivity contribution in [2.45, 2.75) is 38.5 Å². The number of hydrogen-bond donors (Lipinski definition) is 1. The molecule has 5 heteroatoms. The van der Waals surface area contributed by atoms with Gasteiger partial charge in [0.25, 0.3) is 0 Å². The molecule has 1 aliphatic carbocycles. The molecule has 0 spiro atoms. The van der Waals surface area contributed by atoms with E-state index >= 15 is 0 Å². The molecule has 0 unspecified atom stereocenters. The number of aliphatic carboxylic acids is 1. The number of methoxy groups -OCH3 is 1. The fraction of sp³-hybridized carbons (Fsp3) is 0.750. The van der Waals surface area contributed by atoms with E-state index in [1.165, 1.54) is 7.11 Å². The molecule has 0 radical (unpaired) electrons. The summed E-state index contributed by atoms with van der Waals surface area (Å²) in [6.45, 7) is 4.82. The van der Waals surface area contributed by atoms with E-state index < -0.39 is 11.4 Å². The molecule has 0 aromatic rings. The zero-order valence-electron chi connectivity index (χ0n) is 12.8. The fourth-order valence-corrected chi connectivity index (χ4v) is 3.66. The maximum atomic E-state index is 12.9. The Morgan fingerprint density at radius 3 is 2.43 bits per heavy atom. The summed E-state index contributed by atoms with van der Waals surface area (Å²) in [6, 6.07) is 0. The van der Waals surface area contributed by atoms with Gasteiger partial charge < -0.3 is 14.7 Å². The van der Waals surface area contributed by atoms with Crippen LogP contribution in [0, 0.1) is 10.8 Å². The van der Waals surface area contributed by atoms with Gasteiger partial charge in [0.05, 0.1) is 12.0 Å². The molecule has 1 N–H and O–H groups in total. The smallest absolute Gasteiger partial charge is 0.313 e. The SMILES string of the molecule is C=CCC1(C(=O)N2CCC[C@](COC)(C(=O)O)C2)CCC1. The van der Waals surface area contributed by atoms with Crippen molar-refractivity contribution in [3.8, 4) is 0 Å². The van der Waals surface area contributed by atoms with Crippen LogP contribution in [0.15, 0.2) is 12.7 Å². The van der Waals surface area contributed by atoms with Crippen LogP contribution in [0.4, 0.5) is 0 Å². The topological polar surface area (TPSA) is 66.8 Å². The van der Waals surface area contributed by atoms with Crippen molar-refractivity contribution in [2.75, 3.05) is 26.8 Å². The highest BCUT2D eigenvalue weighted by Crippen LogP contribution is 2.46. The van der Waals surface area contributed by atoms with E-state index in [1.807, 2.05) is 0 Å². The van der Waals surface area contributed by atoms with Crippen molar-refractivity contribution in [3.63, 3.8) is 0 Å². The first-order valence-corrected chi connectivity index (χ1v) is 7.62. The zero-order valence-corrected chi connectivity index (χ0v) is 12.8. The van der Waals surface area contributed by atoms with Gasteiger partial charge in [0.2, 0.25) is 5.91 Å². The molecule has 0 aromatic carbocycles. The summed E-state index contributed by atoms with van der Waals surface area (Å²) in [5, 5.41) is 9.56. The second-order valence-electron chi connectivity index (χ2n) is 6.48. The van der Waals surface area contributed by atoms with Crippen molar-refractivity contribution in [2.24, 2.45) is 10.8 Å². The summed E-state index contributed by atoms with van der Waals surface area (Å²) in [5.74, 6) is -0.761. The summed E-state index contributed by atoms with van der Waals surface area (Å²) in [7, 11) is 1.51. The van der Waals surface area contributed by atoms with Crippen LogP contribution in [-0.4, -0.2) is 48.7 Å². The van der Waals surface area contributed by atoms with Crippen molar-refractivity contribution in [1.29, 1.82) is 0 Å². The molecule has 1 saturated carbocycles. The summed E-state index contributed by atoms with van der Waals surface area (Å²) in [6.07, 6.45) is 6.61. The van der Waals surface area contributed by atoms with Crippen LogP contribution >= 0.6 is 0 Å². The number of amides is 1. The van der Waals surface area contributed by atoms with Crippen LogP contribution in [0.1, 0.15) is 38.5 Å². The summed E-state index contributed by atoms with van der Waals surface area (Å²) < 4.78 is 5.11. The minimum atomic E-state index is -0.957. The number of nitrogens with zero attached hydrogens (tertiary/aromatic N) is 1. The number of carbonyl (C=O) groups excluding carboxylic acids is 1. The highest BCUT2D eigenvalue weighted by molar-refractivity contribution is 5.85. The van der Waals surface area contributed by atoms with Crippen molar-refractivity contribution >= 4 is 11.9 Å². The number of likely N-dealkylation sites (tertiary alicyclic amines) is 1. The average molecular weight is 295 g/mol. The Morgan fingerprint density at radius 1 is 1.29 bits per heavy atom. The van der Waals surface area contributed by atoms with Gasteiger partial charge in [0.1, 0.15) is 5.41 Å². The number of carbonyl (C=O) groups is 2. The number of allylic oxidation sites excluding steroid dienone is 1. The van der Waals surface area contributed by atoms with Crippen LogP contribution in [-0.2, 0) is 14.3 Å². The largest absolute Gasteiger partial charge is 0.481 e. The summed E-state index contributed by atoms with van der Waals surface area (Å²) in [5.41, 5.74) is -1.28. The molecule has 1 aliphatic heterocycles. The van der Waals surface area contributed by atoms with Gasteiger partial charge in [-0.1, -0.05) is 12.5 Å². The van der Waals surface area contributed by atoms with Crippen LogP contribution in [0.3, 0.4) is 0 Å². The van der Waals surface area contributed by atoms with Crippen LogP contribution in [0.2, 0.25) is 0 Å². The first-order chi connectivity index (χ1) is 9.99. The Bertz CT molecular complexity index is 426. The lowest BCUT2D eigenvalue weighted by atomic mass is 9.65. The van der Waals surface area contributed by atoms with Crippen LogP contribution < -0.4 is 0 Å². The normalized spacial score (nSPS) is 27.8. The second-order valence-corrected chi connectivity index (χ2v) is 6.48. The van der Waals surface area contributed by atoms with Crippen molar-refractivity contribution < 1.29 is 19.4 Å². The predicted octanol–water partition coefficient (Wildman–Crippen LogP) is 2.07. The fourth-order valence-electron chi connectivity index (χ4n) is 3.66. The van der Waals surface area contributed by atoms with Crippen molar-refractivity contribution in [1.82, 2.24) is 4.90 Å². The quantitative estimate of drug-likeness (QED) is 0.762. The molecule has 1 heterocycles. The summed E-state index contributed by atoms with van der Waals surface area (Å²) >= 11 is 0. The molecule has 1 amide bonds. The molecule has 0 aromatic heterocycles. The predicted molar refractivity (Wildman–Crippen MR) is 78.9 cm³/mol. The van der Waals surface area contributed by atoms with E-state index in [1.54, 1.807) is 11.0 Å². The van der Waals surface area contributed by atoms with Gasteiger partial charge in [-0.15, -0.1) is 6.58 Å². The van der Waals surface area contributed by atoms with E-state index in [9.17, 15) is 14.7 Å². The highest BCUT2D eigenvalue weighted by Gasteiger charge is 2.49. The van der Waals surface area contributed by atoms with Gasteiger partial charge in [-0.3, -0.25) is 9.59 Å². The Morgan fingerprint density at radius 2 is 1.95 bits per heavy atom. The monoisotopic (exact) mass is 295 g/mol. The second kappa shape index (κ2) is 6.18. The number of carboxylic acids is 1. The Hall–Kier alpha value is -1.36. The molecule has 1 atom stereocenters. The van der Waals surface area contributed by atoms with Gasteiger partial charge in [-0.2, -0.15) is 0 Å². The molecular formula is C16H25NO4.